The van der Waals surface area contributed by atoms with Gasteiger partial charge in [-0.05, 0) is 79.3 Å². The number of fused-ring (bicyclic) bond motifs is 2. The van der Waals surface area contributed by atoms with Gasteiger partial charge in [-0.2, -0.15) is 0 Å². The molecule has 1 N–H and O–H groups in total. The van der Waals surface area contributed by atoms with Gasteiger partial charge in [0.1, 0.15) is 11.4 Å². The Morgan fingerprint density at radius 1 is 1.08 bits per heavy atom. The molecule has 1 saturated carbocycles. The standard InChI is InChI=1S/C33H52O4Si/c1-24(2)30(23-37-38(9,10)31(4,5)6)29-20-32(7)17-16-27(29)19-33(32,34)18-15-25(3)21-36-22-26-11-13-28(35-8)14-12-26/h11-14,16-17,24-25,27,29-30,34H,19-23H2,1-10H3/t25-,27?,29?,30?,32?,33?/m0/s1. The molecule has 0 spiro atoms. The number of methoxy groups -OCH3 is 1. The van der Waals surface area contributed by atoms with Gasteiger partial charge in [-0.1, -0.05) is 77.7 Å². The summed E-state index contributed by atoms with van der Waals surface area (Å²) >= 11 is 0. The Balaban J connectivity index is 1.63. The molecule has 0 heterocycles. The van der Waals surface area contributed by atoms with E-state index in [1.165, 1.54) is 0 Å². The fourth-order valence-electron chi connectivity index (χ4n) is 5.64. The van der Waals surface area contributed by atoms with Crippen LogP contribution >= 0.6 is 0 Å². The lowest BCUT2D eigenvalue weighted by atomic mass is 9.51. The second-order valence-corrected chi connectivity index (χ2v) is 18.7. The summed E-state index contributed by atoms with van der Waals surface area (Å²) in [5, 5.41) is 12.0. The lowest BCUT2D eigenvalue weighted by Gasteiger charge is -2.55. The van der Waals surface area contributed by atoms with Crippen molar-refractivity contribution in [2.45, 2.75) is 91.6 Å². The molecule has 1 aromatic carbocycles. The Labute approximate surface area is 233 Å². The molecule has 1 aromatic rings. The van der Waals surface area contributed by atoms with Crippen molar-refractivity contribution >= 4 is 8.32 Å². The van der Waals surface area contributed by atoms with E-state index < -0.39 is 13.9 Å². The third-order valence-corrected chi connectivity index (χ3v) is 14.1. The van der Waals surface area contributed by atoms with E-state index in [1.807, 2.05) is 24.3 Å². The van der Waals surface area contributed by atoms with Crippen molar-refractivity contribution in [3.63, 3.8) is 0 Å². The lowest BCUT2D eigenvalue weighted by molar-refractivity contribution is -0.0930. The summed E-state index contributed by atoms with van der Waals surface area (Å²) < 4.78 is 17.9. The Hall–Kier alpha value is -1.58. The van der Waals surface area contributed by atoms with Gasteiger partial charge in [0, 0.05) is 17.9 Å². The zero-order valence-electron chi connectivity index (χ0n) is 25.6. The van der Waals surface area contributed by atoms with Crippen molar-refractivity contribution in [3.05, 3.63) is 42.0 Å². The molecule has 38 heavy (non-hydrogen) atoms. The number of ether oxygens (including phenoxy) is 2. The third-order valence-electron chi connectivity index (χ3n) is 9.57. The lowest BCUT2D eigenvalue weighted by Crippen LogP contribution is -2.56. The summed E-state index contributed by atoms with van der Waals surface area (Å²) in [6.45, 7) is 22.4. The SMILES string of the molecule is COc1ccc(COC[C@@H](C)C#CC2(O)CC3C=CC2(C)CC3C(CO[Si](C)(C)C(C)(C)C)C(C)C)cc1. The van der Waals surface area contributed by atoms with E-state index in [2.05, 4.69) is 85.6 Å². The first-order valence-corrected chi connectivity index (χ1v) is 17.3. The monoisotopic (exact) mass is 540 g/mol. The fraction of sp³-hybridized carbons (Fsp3) is 0.697. The first-order valence-electron chi connectivity index (χ1n) is 14.4. The van der Waals surface area contributed by atoms with Gasteiger partial charge < -0.3 is 19.0 Å². The maximum absolute atomic E-state index is 11.8. The van der Waals surface area contributed by atoms with Gasteiger partial charge in [-0.15, -0.1) is 0 Å². The van der Waals surface area contributed by atoms with Crippen LogP contribution in [0.3, 0.4) is 0 Å². The Morgan fingerprint density at radius 3 is 2.29 bits per heavy atom. The van der Waals surface area contributed by atoms with Gasteiger partial charge in [0.05, 0.1) is 20.3 Å². The van der Waals surface area contributed by atoms with Gasteiger partial charge in [-0.3, -0.25) is 0 Å². The average molecular weight is 541 g/mol. The summed E-state index contributed by atoms with van der Waals surface area (Å²) in [5.41, 5.74) is -0.252. The van der Waals surface area contributed by atoms with Gasteiger partial charge in [0.15, 0.2) is 8.32 Å². The third kappa shape index (κ3) is 6.94. The molecule has 0 amide bonds. The number of rotatable bonds is 10. The Morgan fingerprint density at radius 2 is 1.74 bits per heavy atom. The van der Waals surface area contributed by atoms with Crippen LogP contribution in [-0.4, -0.2) is 39.3 Å². The predicted octanol–water partition coefficient (Wildman–Crippen LogP) is 7.48. The molecule has 1 fully saturated rings. The van der Waals surface area contributed by atoms with Crippen LogP contribution in [0.4, 0.5) is 0 Å². The molecule has 3 aliphatic carbocycles. The van der Waals surface area contributed by atoms with Crippen LogP contribution in [0.15, 0.2) is 36.4 Å². The maximum atomic E-state index is 11.8. The summed E-state index contributed by atoms with van der Waals surface area (Å²) in [6.07, 6.45) is 6.24. The minimum absolute atomic E-state index is 0.0440. The van der Waals surface area contributed by atoms with Crippen molar-refractivity contribution < 1.29 is 19.0 Å². The Kier molecular flexibility index (Phi) is 9.68. The van der Waals surface area contributed by atoms with Crippen LogP contribution in [0.5, 0.6) is 5.75 Å². The van der Waals surface area contributed by atoms with E-state index in [0.717, 1.165) is 24.3 Å². The number of benzene rings is 1. The van der Waals surface area contributed by atoms with Gasteiger partial charge in [-0.25, -0.2) is 0 Å². The van der Waals surface area contributed by atoms with E-state index >= 15 is 0 Å². The second kappa shape index (κ2) is 11.9. The highest BCUT2D eigenvalue weighted by atomic mass is 28.4. The zero-order valence-corrected chi connectivity index (χ0v) is 26.6. The van der Waals surface area contributed by atoms with Gasteiger partial charge in [0.25, 0.3) is 0 Å². The predicted molar refractivity (Wildman–Crippen MR) is 159 cm³/mol. The summed E-state index contributed by atoms with van der Waals surface area (Å²) in [7, 11) is -0.147. The van der Waals surface area contributed by atoms with Crippen LogP contribution in [0.25, 0.3) is 0 Å². The van der Waals surface area contributed by atoms with Crippen LogP contribution < -0.4 is 4.74 Å². The first kappa shape index (κ1) is 31.0. The quantitative estimate of drug-likeness (QED) is 0.190. The van der Waals surface area contributed by atoms with E-state index in [4.69, 9.17) is 13.9 Å². The van der Waals surface area contributed by atoms with Gasteiger partial charge in [0.2, 0.25) is 0 Å². The average Bonchev–Trinajstić information content (AvgIpc) is 2.83. The molecule has 6 atom stereocenters. The number of aliphatic hydroxyl groups is 1. The molecule has 0 radical (unpaired) electrons. The molecule has 3 aliphatic rings. The number of hydrogen-bond acceptors (Lipinski definition) is 4. The molecule has 212 valence electrons. The largest absolute Gasteiger partial charge is 0.497 e. The van der Waals surface area contributed by atoms with E-state index in [9.17, 15) is 5.11 Å². The Bertz CT molecular complexity index is 1010. The van der Waals surface area contributed by atoms with Crippen LogP contribution in [0, 0.1) is 46.8 Å². The highest BCUT2D eigenvalue weighted by Gasteiger charge is 2.56. The first-order chi connectivity index (χ1) is 17.6. The van der Waals surface area contributed by atoms with Crippen molar-refractivity contribution in [3.8, 4) is 17.6 Å². The molecular formula is C33H52O4Si. The molecule has 0 aliphatic heterocycles. The van der Waals surface area contributed by atoms with Crippen molar-refractivity contribution in [2.75, 3.05) is 20.3 Å². The molecule has 0 aromatic heterocycles. The molecule has 0 saturated heterocycles. The highest BCUT2D eigenvalue weighted by Crippen LogP contribution is 2.57. The normalized spacial score (nSPS) is 28.6. The minimum Gasteiger partial charge on any atom is -0.497 e. The summed E-state index contributed by atoms with van der Waals surface area (Å²) in [4.78, 5) is 0. The number of hydrogen-bond donors (Lipinski definition) is 1. The van der Waals surface area contributed by atoms with Crippen molar-refractivity contribution in [1.29, 1.82) is 0 Å². The maximum Gasteiger partial charge on any atom is 0.191 e. The van der Waals surface area contributed by atoms with Gasteiger partial charge >= 0.3 is 0 Å². The molecule has 4 rings (SSSR count). The highest BCUT2D eigenvalue weighted by molar-refractivity contribution is 6.74. The molecule has 5 heteroatoms. The summed E-state index contributed by atoms with van der Waals surface area (Å²) in [6, 6.07) is 7.92. The van der Waals surface area contributed by atoms with Crippen LogP contribution in [0.1, 0.15) is 66.9 Å². The van der Waals surface area contributed by atoms with Crippen molar-refractivity contribution in [1.82, 2.24) is 0 Å². The van der Waals surface area contributed by atoms with Crippen molar-refractivity contribution in [2.24, 2.45) is 35.0 Å². The molecule has 5 unspecified atom stereocenters. The minimum atomic E-state index is -1.81. The second-order valence-electron chi connectivity index (χ2n) is 13.9. The molecule has 2 bridgehead atoms. The smallest absolute Gasteiger partial charge is 0.191 e. The topological polar surface area (TPSA) is 47.9 Å². The van der Waals surface area contributed by atoms with E-state index in [1.54, 1.807) is 7.11 Å². The van der Waals surface area contributed by atoms with E-state index in [-0.39, 0.29) is 16.4 Å². The summed E-state index contributed by atoms with van der Waals surface area (Å²) in [5.74, 6) is 9.39. The fourth-order valence-corrected chi connectivity index (χ4v) is 6.68. The number of allylic oxidation sites excluding steroid dienone is 1. The van der Waals surface area contributed by atoms with Crippen LogP contribution in [-0.2, 0) is 15.8 Å². The zero-order chi connectivity index (χ0) is 28.4. The molecular weight excluding hydrogens is 488 g/mol. The van der Waals surface area contributed by atoms with Crippen LogP contribution in [0.2, 0.25) is 18.1 Å². The molecule has 4 nitrogen and oxygen atoms in total. The van der Waals surface area contributed by atoms with E-state index in [0.29, 0.717) is 43.3 Å².